The number of nitrogens with one attached hydrogen (secondary N) is 1. The van der Waals surface area contributed by atoms with Crippen LogP contribution >= 0.6 is 0 Å². The molecule has 0 saturated heterocycles. The first-order chi connectivity index (χ1) is 12.2. The summed E-state index contributed by atoms with van der Waals surface area (Å²) in [5.74, 6) is -1.12. The Morgan fingerprint density at radius 3 is 2.04 bits per heavy atom. The summed E-state index contributed by atoms with van der Waals surface area (Å²) in [6.07, 6.45) is 0. The molecule has 1 aliphatic rings. The van der Waals surface area contributed by atoms with Crippen molar-refractivity contribution < 1.29 is 9.53 Å². The fraction of sp³-hybridized carbons (Fsp3) is 0.318. The lowest BCUT2D eigenvalue weighted by molar-refractivity contribution is -0.152. The lowest BCUT2D eigenvalue weighted by Gasteiger charge is -2.49. The van der Waals surface area contributed by atoms with Gasteiger partial charge in [-0.2, -0.15) is 0 Å². The molecular formula is C22H26N2O2. The number of nitrogens with zero attached hydrogens (tertiary/aromatic N) is 1. The predicted molar refractivity (Wildman–Crippen MR) is 105 cm³/mol. The Hall–Kier alpha value is -2.59. The highest BCUT2D eigenvalue weighted by atomic mass is 16.6. The van der Waals surface area contributed by atoms with Gasteiger partial charge in [-0.05, 0) is 45.4 Å². The van der Waals surface area contributed by atoms with E-state index in [9.17, 15) is 4.79 Å². The lowest BCUT2D eigenvalue weighted by Crippen LogP contribution is -2.65. The van der Waals surface area contributed by atoms with Crippen LogP contribution in [0.15, 0.2) is 66.4 Å². The number of hydrogen-bond acceptors (Lipinski definition) is 3. The minimum Gasteiger partial charge on any atom is -0.332 e. The summed E-state index contributed by atoms with van der Waals surface area (Å²) >= 11 is 0. The summed E-state index contributed by atoms with van der Waals surface area (Å²) in [5, 5.41) is 3.08. The number of carbonyl (C=O) groups is 1. The highest BCUT2D eigenvalue weighted by Gasteiger charge is 2.44. The highest BCUT2D eigenvalue weighted by Crippen LogP contribution is 2.37. The van der Waals surface area contributed by atoms with Crippen molar-refractivity contribution in [2.75, 3.05) is 4.90 Å². The van der Waals surface area contributed by atoms with Gasteiger partial charge in [0.2, 0.25) is 5.85 Å². The molecular weight excluding hydrogens is 324 g/mol. The molecule has 0 spiro atoms. The van der Waals surface area contributed by atoms with Crippen molar-refractivity contribution in [3.63, 3.8) is 0 Å². The molecule has 1 N–H and O–H groups in total. The maximum Gasteiger partial charge on any atom is 0.257 e. The first-order valence-electron chi connectivity index (χ1n) is 8.85. The minimum absolute atomic E-state index is 0.132. The van der Waals surface area contributed by atoms with E-state index in [0.717, 1.165) is 16.9 Å². The second kappa shape index (κ2) is 6.61. The number of benzene rings is 2. The van der Waals surface area contributed by atoms with E-state index in [2.05, 4.69) is 10.2 Å². The molecule has 0 fully saturated rings. The van der Waals surface area contributed by atoms with Gasteiger partial charge in [0, 0.05) is 18.3 Å². The molecule has 0 radical (unpaired) electrons. The zero-order valence-electron chi connectivity index (χ0n) is 16.0. The maximum atomic E-state index is 13.0. The van der Waals surface area contributed by atoms with E-state index < -0.39 is 11.4 Å². The van der Waals surface area contributed by atoms with Gasteiger partial charge >= 0.3 is 0 Å². The first kappa shape index (κ1) is 18.2. The summed E-state index contributed by atoms with van der Waals surface area (Å²) in [5.41, 5.74) is 2.94. The summed E-state index contributed by atoms with van der Waals surface area (Å²) < 4.78 is 6.32. The number of hydrogen-bond donors (Lipinski definition) is 1. The van der Waals surface area contributed by atoms with Crippen molar-refractivity contribution in [1.82, 2.24) is 5.32 Å². The molecule has 0 aromatic heterocycles. The minimum atomic E-state index is -0.987. The molecule has 4 heteroatoms. The number of anilines is 1. The van der Waals surface area contributed by atoms with Gasteiger partial charge < -0.3 is 10.1 Å². The quantitative estimate of drug-likeness (QED) is 0.883. The van der Waals surface area contributed by atoms with Crippen LogP contribution in [0.5, 0.6) is 0 Å². The monoisotopic (exact) mass is 350 g/mol. The molecule has 1 atom stereocenters. The van der Waals surface area contributed by atoms with Crippen LogP contribution in [-0.2, 0) is 9.53 Å². The van der Waals surface area contributed by atoms with Gasteiger partial charge in [0.05, 0.1) is 11.2 Å². The Balaban J connectivity index is 2.19. The van der Waals surface area contributed by atoms with E-state index >= 15 is 0 Å². The van der Waals surface area contributed by atoms with Crippen LogP contribution in [0.25, 0.3) is 5.57 Å². The lowest BCUT2D eigenvalue weighted by atomic mass is 9.98. The third-order valence-electron chi connectivity index (χ3n) is 4.28. The molecule has 1 unspecified atom stereocenters. The topological polar surface area (TPSA) is 41.6 Å². The zero-order valence-corrected chi connectivity index (χ0v) is 16.0. The Morgan fingerprint density at radius 1 is 0.962 bits per heavy atom. The van der Waals surface area contributed by atoms with Crippen LogP contribution in [0.2, 0.25) is 0 Å². The largest absolute Gasteiger partial charge is 0.332 e. The Kier molecular flexibility index (Phi) is 4.63. The van der Waals surface area contributed by atoms with E-state index in [-0.39, 0.29) is 5.91 Å². The highest BCUT2D eigenvalue weighted by molar-refractivity contribution is 6.22. The van der Waals surface area contributed by atoms with Crippen LogP contribution in [-0.4, -0.2) is 17.4 Å². The average Bonchev–Trinajstić information content (AvgIpc) is 2.54. The van der Waals surface area contributed by atoms with Crippen molar-refractivity contribution in [1.29, 1.82) is 0 Å². The van der Waals surface area contributed by atoms with Gasteiger partial charge in [-0.1, -0.05) is 48.5 Å². The van der Waals surface area contributed by atoms with Crippen LogP contribution < -0.4 is 10.2 Å². The van der Waals surface area contributed by atoms with Gasteiger partial charge in [-0.25, -0.2) is 0 Å². The number of amides is 1. The molecule has 2 aromatic rings. The van der Waals surface area contributed by atoms with Crippen LogP contribution in [0.3, 0.4) is 0 Å². The van der Waals surface area contributed by atoms with E-state index in [1.54, 1.807) is 0 Å². The van der Waals surface area contributed by atoms with Crippen LogP contribution in [0, 0.1) is 0 Å². The maximum absolute atomic E-state index is 13.0. The first-order valence-corrected chi connectivity index (χ1v) is 8.85. The van der Waals surface area contributed by atoms with E-state index in [0.29, 0.717) is 5.57 Å². The van der Waals surface area contributed by atoms with Gasteiger partial charge in [0.1, 0.15) is 0 Å². The number of carbonyl (C=O) groups excluding carboxylic acids is 1. The molecule has 136 valence electrons. The van der Waals surface area contributed by atoms with E-state index in [1.807, 2.05) is 95.3 Å². The average molecular weight is 350 g/mol. The summed E-state index contributed by atoms with van der Waals surface area (Å²) in [6.45, 7) is 9.82. The molecule has 1 aliphatic heterocycles. The molecule has 0 saturated carbocycles. The molecule has 3 rings (SSSR count). The van der Waals surface area contributed by atoms with Gasteiger partial charge in [0.25, 0.3) is 5.91 Å². The summed E-state index contributed by atoms with van der Waals surface area (Å²) in [4.78, 5) is 15.1. The fourth-order valence-corrected chi connectivity index (χ4v) is 3.55. The SMILES string of the molecule is CC1=C(c2ccccc2)C(=O)NC(C)(OC(C)(C)C)N1c1ccccc1. The summed E-state index contributed by atoms with van der Waals surface area (Å²) in [7, 11) is 0. The van der Waals surface area contributed by atoms with Crippen molar-refractivity contribution >= 4 is 17.2 Å². The van der Waals surface area contributed by atoms with E-state index in [4.69, 9.17) is 4.74 Å². The molecule has 1 heterocycles. The normalized spacial score (nSPS) is 21.0. The Labute approximate surface area is 155 Å². The summed E-state index contributed by atoms with van der Waals surface area (Å²) in [6, 6.07) is 19.7. The van der Waals surface area contributed by atoms with Crippen molar-refractivity contribution in [2.45, 2.75) is 46.1 Å². The van der Waals surface area contributed by atoms with Crippen LogP contribution in [0.4, 0.5) is 5.69 Å². The second-order valence-corrected chi connectivity index (χ2v) is 7.65. The number of ether oxygens (including phenoxy) is 1. The number of para-hydroxylation sites is 1. The smallest absolute Gasteiger partial charge is 0.257 e. The van der Waals surface area contributed by atoms with Gasteiger partial charge in [0.15, 0.2) is 0 Å². The van der Waals surface area contributed by atoms with Gasteiger partial charge in [-0.15, -0.1) is 0 Å². The third kappa shape index (κ3) is 3.51. The molecule has 0 bridgehead atoms. The van der Waals surface area contributed by atoms with Crippen LogP contribution in [0.1, 0.15) is 40.2 Å². The Morgan fingerprint density at radius 2 is 1.50 bits per heavy atom. The Bertz CT molecular complexity index is 822. The van der Waals surface area contributed by atoms with Crippen molar-refractivity contribution in [2.24, 2.45) is 0 Å². The molecule has 2 aromatic carbocycles. The standard InChI is InChI=1S/C22H26N2O2/c1-16-19(17-12-8-6-9-13-17)20(25)23-22(5,26-21(2,3)4)24(16)18-14-10-7-11-15-18/h6-15H,1-5H3,(H,23,25). The third-order valence-corrected chi connectivity index (χ3v) is 4.28. The van der Waals surface area contributed by atoms with Crippen molar-refractivity contribution in [3.8, 4) is 0 Å². The molecule has 4 nitrogen and oxygen atoms in total. The van der Waals surface area contributed by atoms with E-state index in [1.165, 1.54) is 0 Å². The van der Waals surface area contributed by atoms with Gasteiger partial charge in [-0.3, -0.25) is 9.69 Å². The molecule has 1 amide bonds. The molecule has 26 heavy (non-hydrogen) atoms. The predicted octanol–water partition coefficient (Wildman–Crippen LogP) is 4.54. The number of rotatable bonds is 3. The zero-order chi connectivity index (χ0) is 18.9. The molecule has 0 aliphatic carbocycles. The number of allylic oxidation sites excluding steroid dienone is 1. The van der Waals surface area contributed by atoms with Crippen molar-refractivity contribution in [3.05, 3.63) is 71.9 Å². The second-order valence-electron chi connectivity index (χ2n) is 7.65. The fourth-order valence-electron chi connectivity index (χ4n) is 3.55.